The molecule has 0 amide bonds. The highest BCUT2D eigenvalue weighted by Gasteiger charge is 2.12. The molecule has 0 bridgehead atoms. The molecule has 0 spiro atoms. The zero-order valence-corrected chi connectivity index (χ0v) is 12.8. The molecule has 0 fully saturated rings. The Morgan fingerprint density at radius 1 is 1.20 bits per heavy atom. The lowest BCUT2D eigenvalue weighted by molar-refractivity contribution is -0.384. The Hall–Kier alpha value is -1.43. The molecule has 1 N–H and O–H groups in total. The van der Waals surface area contributed by atoms with Crippen LogP contribution in [-0.4, -0.2) is 4.92 Å². The summed E-state index contributed by atoms with van der Waals surface area (Å²) in [7, 11) is 0. The van der Waals surface area contributed by atoms with E-state index in [0.29, 0.717) is 13.1 Å². The van der Waals surface area contributed by atoms with Gasteiger partial charge in [0, 0.05) is 23.6 Å². The normalized spacial score (nSPS) is 10.5. The third kappa shape index (κ3) is 3.79. The van der Waals surface area contributed by atoms with E-state index >= 15 is 0 Å². The van der Waals surface area contributed by atoms with Crippen molar-refractivity contribution in [3.63, 3.8) is 0 Å². The van der Waals surface area contributed by atoms with Gasteiger partial charge in [-0.25, -0.2) is 0 Å². The number of rotatable bonds is 5. The third-order valence-corrected chi connectivity index (χ3v) is 3.90. The van der Waals surface area contributed by atoms with Gasteiger partial charge >= 0.3 is 0 Å². The molecule has 6 heteroatoms. The SMILES string of the molecule is O=[N+]([O-])c1cc(CNCc2ccccc2Br)ccc1Cl. The van der Waals surface area contributed by atoms with E-state index < -0.39 is 4.92 Å². The molecule has 104 valence electrons. The van der Waals surface area contributed by atoms with Gasteiger partial charge in [-0.1, -0.05) is 51.8 Å². The van der Waals surface area contributed by atoms with Gasteiger partial charge in [0.15, 0.2) is 0 Å². The Kier molecular flexibility index (Phi) is 5.11. The molecule has 0 aromatic heterocycles. The molecule has 0 radical (unpaired) electrons. The summed E-state index contributed by atoms with van der Waals surface area (Å²) in [6, 6.07) is 12.7. The molecule has 0 saturated heterocycles. The molecule has 0 saturated carbocycles. The number of nitro benzene ring substituents is 1. The minimum absolute atomic E-state index is 0.0631. The van der Waals surface area contributed by atoms with Gasteiger partial charge < -0.3 is 5.32 Å². The van der Waals surface area contributed by atoms with E-state index in [4.69, 9.17) is 11.6 Å². The molecule has 0 heterocycles. The summed E-state index contributed by atoms with van der Waals surface area (Å²) in [5.41, 5.74) is 1.90. The van der Waals surface area contributed by atoms with E-state index in [1.54, 1.807) is 12.1 Å². The van der Waals surface area contributed by atoms with Crippen LogP contribution in [0.3, 0.4) is 0 Å². The zero-order valence-electron chi connectivity index (χ0n) is 10.5. The molecule has 0 aliphatic rings. The maximum Gasteiger partial charge on any atom is 0.288 e. The lowest BCUT2D eigenvalue weighted by Crippen LogP contribution is -2.13. The predicted molar refractivity (Wildman–Crippen MR) is 82.8 cm³/mol. The van der Waals surface area contributed by atoms with Crippen molar-refractivity contribution in [2.24, 2.45) is 0 Å². The van der Waals surface area contributed by atoms with E-state index in [-0.39, 0.29) is 10.7 Å². The van der Waals surface area contributed by atoms with E-state index in [9.17, 15) is 10.1 Å². The van der Waals surface area contributed by atoms with E-state index in [1.165, 1.54) is 6.07 Å². The maximum absolute atomic E-state index is 10.8. The lowest BCUT2D eigenvalue weighted by Gasteiger charge is -2.07. The van der Waals surface area contributed by atoms with Gasteiger partial charge in [0.2, 0.25) is 0 Å². The fourth-order valence-corrected chi connectivity index (χ4v) is 2.40. The van der Waals surface area contributed by atoms with Crippen LogP contribution in [-0.2, 0) is 13.1 Å². The molecule has 2 aromatic rings. The minimum Gasteiger partial charge on any atom is -0.309 e. The summed E-state index contributed by atoms with van der Waals surface area (Å²) < 4.78 is 1.04. The molecule has 0 atom stereocenters. The monoisotopic (exact) mass is 354 g/mol. The van der Waals surface area contributed by atoms with Crippen molar-refractivity contribution < 1.29 is 4.92 Å². The number of nitrogens with zero attached hydrogens (tertiary/aromatic N) is 1. The second-order valence-electron chi connectivity index (χ2n) is 4.24. The number of halogens is 2. The fourth-order valence-electron chi connectivity index (χ4n) is 1.79. The van der Waals surface area contributed by atoms with Crippen LogP contribution >= 0.6 is 27.5 Å². The Balaban J connectivity index is 2.00. The number of nitro groups is 1. The number of nitrogens with one attached hydrogen (secondary N) is 1. The first-order chi connectivity index (χ1) is 9.58. The van der Waals surface area contributed by atoms with Crippen molar-refractivity contribution in [2.45, 2.75) is 13.1 Å². The molecule has 0 aliphatic heterocycles. The van der Waals surface area contributed by atoms with Gasteiger partial charge in [0.05, 0.1) is 4.92 Å². The average Bonchev–Trinajstić information content (AvgIpc) is 2.42. The van der Waals surface area contributed by atoms with Crippen molar-refractivity contribution in [3.8, 4) is 0 Å². The second kappa shape index (κ2) is 6.83. The first-order valence-corrected chi connectivity index (χ1v) is 7.12. The Labute approximate surface area is 130 Å². The Morgan fingerprint density at radius 3 is 2.65 bits per heavy atom. The summed E-state index contributed by atoms with van der Waals surface area (Å²) in [6.45, 7) is 1.22. The standard InChI is InChI=1S/C14H12BrClN2O2/c15-12-4-2-1-3-11(12)9-17-8-10-5-6-13(16)14(7-10)18(19)20/h1-7,17H,8-9H2. The highest BCUT2D eigenvalue weighted by Crippen LogP contribution is 2.25. The molecular formula is C14H12BrClN2O2. The topological polar surface area (TPSA) is 55.2 Å². The van der Waals surface area contributed by atoms with Crippen molar-refractivity contribution in [1.82, 2.24) is 5.32 Å². The van der Waals surface area contributed by atoms with Crippen LogP contribution < -0.4 is 5.32 Å². The summed E-state index contributed by atoms with van der Waals surface area (Å²) in [6.07, 6.45) is 0. The van der Waals surface area contributed by atoms with Gasteiger partial charge in [0.25, 0.3) is 5.69 Å². The maximum atomic E-state index is 10.8. The zero-order chi connectivity index (χ0) is 14.5. The Morgan fingerprint density at radius 2 is 1.95 bits per heavy atom. The van der Waals surface area contributed by atoms with Gasteiger partial charge in [-0.2, -0.15) is 0 Å². The molecule has 0 unspecified atom stereocenters. The van der Waals surface area contributed by atoms with Gasteiger partial charge in [-0.3, -0.25) is 10.1 Å². The first-order valence-electron chi connectivity index (χ1n) is 5.95. The molecule has 4 nitrogen and oxygen atoms in total. The smallest absolute Gasteiger partial charge is 0.288 e. The summed E-state index contributed by atoms with van der Waals surface area (Å²) in [5, 5.41) is 14.2. The van der Waals surface area contributed by atoms with Crippen LogP contribution in [0.5, 0.6) is 0 Å². The summed E-state index contributed by atoms with van der Waals surface area (Å²) in [5.74, 6) is 0. The van der Waals surface area contributed by atoms with E-state index in [0.717, 1.165) is 15.6 Å². The van der Waals surface area contributed by atoms with Crippen molar-refractivity contribution >= 4 is 33.2 Å². The predicted octanol–water partition coefficient (Wildman–Crippen LogP) is 4.30. The highest BCUT2D eigenvalue weighted by molar-refractivity contribution is 9.10. The molecule has 2 rings (SSSR count). The van der Waals surface area contributed by atoms with Gasteiger partial charge in [-0.15, -0.1) is 0 Å². The van der Waals surface area contributed by atoms with Crippen LogP contribution in [0.25, 0.3) is 0 Å². The van der Waals surface area contributed by atoms with Crippen LogP contribution in [0.1, 0.15) is 11.1 Å². The number of hydrogen-bond donors (Lipinski definition) is 1. The minimum atomic E-state index is -0.473. The second-order valence-corrected chi connectivity index (χ2v) is 5.50. The van der Waals surface area contributed by atoms with Crippen molar-refractivity contribution in [2.75, 3.05) is 0 Å². The fraction of sp³-hybridized carbons (Fsp3) is 0.143. The quantitative estimate of drug-likeness (QED) is 0.642. The Bertz CT molecular complexity index is 634. The van der Waals surface area contributed by atoms with E-state index in [2.05, 4.69) is 21.2 Å². The highest BCUT2D eigenvalue weighted by atomic mass is 79.9. The van der Waals surface area contributed by atoms with Crippen LogP contribution in [0, 0.1) is 10.1 Å². The summed E-state index contributed by atoms with van der Waals surface area (Å²) >= 11 is 9.25. The molecule has 20 heavy (non-hydrogen) atoms. The largest absolute Gasteiger partial charge is 0.309 e. The summed E-state index contributed by atoms with van der Waals surface area (Å²) in [4.78, 5) is 10.3. The molecule has 0 aliphatic carbocycles. The first kappa shape index (κ1) is 15.0. The third-order valence-electron chi connectivity index (χ3n) is 2.81. The van der Waals surface area contributed by atoms with Crippen molar-refractivity contribution in [1.29, 1.82) is 0 Å². The van der Waals surface area contributed by atoms with Crippen LogP contribution in [0.15, 0.2) is 46.9 Å². The van der Waals surface area contributed by atoms with Gasteiger partial charge in [0.1, 0.15) is 5.02 Å². The van der Waals surface area contributed by atoms with Crippen molar-refractivity contribution in [3.05, 3.63) is 73.2 Å². The average molecular weight is 356 g/mol. The van der Waals surface area contributed by atoms with Crippen LogP contribution in [0.2, 0.25) is 5.02 Å². The van der Waals surface area contributed by atoms with Gasteiger partial charge in [-0.05, 0) is 23.3 Å². The molecular weight excluding hydrogens is 344 g/mol. The van der Waals surface area contributed by atoms with E-state index in [1.807, 2.05) is 24.3 Å². The number of hydrogen-bond acceptors (Lipinski definition) is 3. The van der Waals surface area contributed by atoms with Crippen LogP contribution in [0.4, 0.5) is 5.69 Å². The molecule has 2 aromatic carbocycles. The number of benzene rings is 2. The lowest BCUT2D eigenvalue weighted by atomic mass is 10.2.